The van der Waals surface area contributed by atoms with Crippen molar-refractivity contribution in [2.24, 2.45) is 0 Å². The van der Waals surface area contributed by atoms with E-state index in [2.05, 4.69) is 6.92 Å². The summed E-state index contributed by atoms with van der Waals surface area (Å²) < 4.78 is 10.2. The number of hydrogen-bond acceptors (Lipinski definition) is 4. The minimum Gasteiger partial charge on any atom is -0.466 e. The van der Waals surface area contributed by atoms with Crippen molar-refractivity contribution < 1.29 is 19.1 Å². The molecule has 1 aromatic rings. The first kappa shape index (κ1) is 16.2. The third-order valence-electron chi connectivity index (χ3n) is 2.78. The smallest absolute Gasteiger partial charge is 0.311 e. The van der Waals surface area contributed by atoms with E-state index in [0.717, 1.165) is 18.4 Å². The average Bonchev–Trinajstić information content (AvgIpc) is 2.41. The summed E-state index contributed by atoms with van der Waals surface area (Å²) in [4.78, 5) is 22.9. The van der Waals surface area contributed by atoms with Crippen molar-refractivity contribution in [2.45, 2.75) is 46.0 Å². The van der Waals surface area contributed by atoms with Gasteiger partial charge in [0, 0.05) is 12.8 Å². The zero-order valence-corrected chi connectivity index (χ0v) is 12.2. The summed E-state index contributed by atoms with van der Waals surface area (Å²) in [5.74, 6) is 0.0417. The van der Waals surface area contributed by atoms with E-state index in [1.165, 1.54) is 0 Å². The number of ether oxygens (including phenoxy) is 2. The summed E-state index contributed by atoms with van der Waals surface area (Å²) in [7, 11) is 0. The van der Waals surface area contributed by atoms with Gasteiger partial charge in [0.2, 0.25) is 0 Å². The fourth-order valence-electron chi connectivity index (χ4n) is 1.86. The molecule has 4 heteroatoms. The van der Waals surface area contributed by atoms with Gasteiger partial charge in [-0.3, -0.25) is 9.59 Å². The van der Waals surface area contributed by atoms with Gasteiger partial charge < -0.3 is 9.47 Å². The zero-order chi connectivity index (χ0) is 14.8. The van der Waals surface area contributed by atoms with Gasteiger partial charge >= 0.3 is 11.9 Å². The lowest BCUT2D eigenvalue weighted by Gasteiger charge is -2.09. The topological polar surface area (TPSA) is 52.6 Å². The molecule has 20 heavy (non-hydrogen) atoms. The number of hydrogen-bond donors (Lipinski definition) is 0. The van der Waals surface area contributed by atoms with Crippen LogP contribution < -0.4 is 4.74 Å². The monoisotopic (exact) mass is 278 g/mol. The van der Waals surface area contributed by atoms with Gasteiger partial charge in [0.05, 0.1) is 6.61 Å². The first-order valence-corrected chi connectivity index (χ1v) is 7.11. The predicted molar refractivity (Wildman–Crippen MR) is 76.6 cm³/mol. The molecule has 1 aromatic carbocycles. The van der Waals surface area contributed by atoms with Crippen LogP contribution in [0.4, 0.5) is 0 Å². The maximum atomic E-state index is 11.7. The molecule has 0 fully saturated rings. The lowest BCUT2D eigenvalue weighted by Crippen LogP contribution is -2.11. The Balaban J connectivity index is 2.40. The molecule has 0 aliphatic carbocycles. The van der Waals surface area contributed by atoms with Crippen LogP contribution in [-0.4, -0.2) is 18.5 Å². The number of carbonyl (C=O) groups is 2. The molecule has 0 spiro atoms. The quantitative estimate of drug-likeness (QED) is 0.541. The molecule has 0 aliphatic heterocycles. The Morgan fingerprint density at radius 3 is 2.45 bits per heavy atom. The number of para-hydroxylation sites is 1. The number of aryl methyl sites for hydroxylation is 1. The molecule has 110 valence electrons. The van der Waals surface area contributed by atoms with Crippen LogP contribution in [0.5, 0.6) is 5.75 Å². The Bertz CT molecular complexity index is 440. The van der Waals surface area contributed by atoms with Gasteiger partial charge in [0.1, 0.15) is 5.75 Å². The highest BCUT2D eigenvalue weighted by Crippen LogP contribution is 2.20. The molecule has 0 aliphatic rings. The van der Waals surface area contributed by atoms with Crippen molar-refractivity contribution in [3.8, 4) is 5.75 Å². The van der Waals surface area contributed by atoms with Crippen LogP contribution in [0, 0.1) is 0 Å². The van der Waals surface area contributed by atoms with E-state index < -0.39 is 0 Å². The lowest BCUT2D eigenvalue weighted by atomic mass is 10.1. The third-order valence-corrected chi connectivity index (χ3v) is 2.78. The molecule has 0 unspecified atom stereocenters. The molecule has 0 N–H and O–H groups in total. The second kappa shape index (κ2) is 9.13. The van der Waals surface area contributed by atoms with Gasteiger partial charge in [0.25, 0.3) is 0 Å². The standard InChI is InChI=1S/C16H22O4/c1-3-8-13-9-5-6-10-14(13)20-16(18)12-7-11-15(17)19-4-2/h5-6,9-10H,3-4,7-8,11-12H2,1-2H3. The second-order valence-electron chi connectivity index (χ2n) is 4.49. The van der Waals surface area contributed by atoms with Crippen LogP contribution in [-0.2, 0) is 20.7 Å². The largest absolute Gasteiger partial charge is 0.466 e. The van der Waals surface area contributed by atoms with Gasteiger partial charge in [-0.2, -0.15) is 0 Å². The van der Waals surface area contributed by atoms with Crippen LogP contribution in [0.15, 0.2) is 24.3 Å². The SMILES string of the molecule is CCCc1ccccc1OC(=O)CCCC(=O)OCC. The van der Waals surface area contributed by atoms with Crippen molar-refractivity contribution >= 4 is 11.9 Å². The van der Waals surface area contributed by atoms with E-state index in [1.807, 2.05) is 18.2 Å². The summed E-state index contributed by atoms with van der Waals surface area (Å²) in [6.07, 6.45) is 2.80. The molecular formula is C16H22O4. The minimum atomic E-state index is -0.308. The summed E-state index contributed by atoms with van der Waals surface area (Å²) in [5, 5.41) is 0. The van der Waals surface area contributed by atoms with Crippen LogP contribution in [0.2, 0.25) is 0 Å². The molecule has 0 aromatic heterocycles. The van der Waals surface area contributed by atoms with Crippen LogP contribution in [0.25, 0.3) is 0 Å². The fraction of sp³-hybridized carbons (Fsp3) is 0.500. The molecule has 0 heterocycles. The molecular weight excluding hydrogens is 256 g/mol. The molecule has 0 atom stereocenters. The van der Waals surface area contributed by atoms with Gasteiger partial charge in [-0.05, 0) is 31.4 Å². The van der Waals surface area contributed by atoms with Crippen LogP contribution in [0.1, 0.15) is 45.1 Å². The van der Waals surface area contributed by atoms with Crippen molar-refractivity contribution in [1.82, 2.24) is 0 Å². The van der Waals surface area contributed by atoms with E-state index in [4.69, 9.17) is 9.47 Å². The highest BCUT2D eigenvalue weighted by molar-refractivity contribution is 5.74. The lowest BCUT2D eigenvalue weighted by molar-refractivity contribution is -0.143. The normalized spacial score (nSPS) is 10.1. The van der Waals surface area contributed by atoms with Crippen molar-refractivity contribution in [3.63, 3.8) is 0 Å². The molecule has 1 rings (SSSR count). The molecule has 0 saturated heterocycles. The van der Waals surface area contributed by atoms with Crippen molar-refractivity contribution in [3.05, 3.63) is 29.8 Å². The van der Waals surface area contributed by atoms with Crippen LogP contribution >= 0.6 is 0 Å². The first-order valence-electron chi connectivity index (χ1n) is 7.11. The summed E-state index contributed by atoms with van der Waals surface area (Å²) in [5.41, 5.74) is 1.04. The fourth-order valence-corrected chi connectivity index (χ4v) is 1.86. The number of benzene rings is 1. The van der Waals surface area contributed by atoms with Gasteiger partial charge in [0.15, 0.2) is 0 Å². The Kier molecular flexibility index (Phi) is 7.40. The van der Waals surface area contributed by atoms with E-state index in [-0.39, 0.29) is 24.8 Å². The molecule has 0 saturated carbocycles. The van der Waals surface area contributed by atoms with Crippen molar-refractivity contribution in [1.29, 1.82) is 0 Å². The number of carbonyl (C=O) groups excluding carboxylic acids is 2. The summed E-state index contributed by atoms with van der Waals surface area (Å²) in [6.45, 7) is 4.21. The Morgan fingerprint density at radius 2 is 1.75 bits per heavy atom. The highest BCUT2D eigenvalue weighted by Gasteiger charge is 2.10. The minimum absolute atomic E-state index is 0.222. The number of rotatable bonds is 8. The Morgan fingerprint density at radius 1 is 1.05 bits per heavy atom. The van der Waals surface area contributed by atoms with E-state index >= 15 is 0 Å². The van der Waals surface area contributed by atoms with Crippen molar-refractivity contribution in [2.75, 3.05) is 6.61 Å². The first-order chi connectivity index (χ1) is 9.67. The second-order valence-corrected chi connectivity index (χ2v) is 4.49. The van der Waals surface area contributed by atoms with Crippen LogP contribution in [0.3, 0.4) is 0 Å². The summed E-state index contributed by atoms with van der Waals surface area (Å²) in [6, 6.07) is 7.54. The van der Waals surface area contributed by atoms with Gasteiger partial charge in [-0.1, -0.05) is 31.5 Å². The van der Waals surface area contributed by atoms with E-state index in [0.29, 0.717) is 18.8 Å². The maximum absolute atomic E-state index is 11.7. The average molecular weight is 278 g/mol. The maximum Gasteiger partial charge on any atom is 0.311 e. The zero-order valence-electron chi connectivity index (χ0n) is 12.2. The molecule has 0 amide bonds. The Hall–Kier alpha value is -1.84. The van der Waals surface area contributed by atoms with Gasteiger partial charge in [-0.15, -0.1) is 0 Å². The molecule has 0 bridgehead atoms. The van der Waals surface area contributed by atoms with E-state index in [1.54, 1.807) is 13.0 Å². The number of esters is 2. The Labute approximate surface area is 120 Å². The van der Waals surface area contributed by atoms with Gasteiger partial charge in [-0.25, -0.2) is 0 Å². The highest BCUT2D eigenvalue weighted by atomic mass is 16.5. The molecule has 0 radical (unpaired) electrons. The molecule has 4 nitrogen and oxygen atoms in total. The van der Waals surface area contributed by atoms with E-state index in [9.17, 15) is 9.59 Å². The third kappa shape index (κ3) is 5.87. The predicted octanol–water partition coefficient (Wildman–Crippen LogP) is 3.28. The summed E-state index contributed by atoms with van der Waals surface area (Å²) >= 11 is 0.